The van der Waals surface area contributed by atoms with Gasteiger partial charge in [-0.3, -0.25) is 4.68 Å². The summed E-state index contributed by atoms with van der Waals surface area (Å²) in [7, 11) is 3.21. The van der Waals surface area contributed by atoms with Gasteiger partial charge in [0.15, 0.2) is 16.6 Å². The van der Waals surface area contributed by atoms with Crippen LogP contribution in [0.2, 0.25) is 0 Å². The molecule has 24 heavy (non-hydrogen) atoms. The van der Waals surface area contributed by atoms with Crippen LogP contribution in [0.25, 0.3) is 0 Å². The van der Waals surface area contributed by atoms with E-state index >= 15 is 0 Å². The molecule has 1 aromatic carbocycles. The molecular weight excluding hydrogens is 324 g/mol. The van der Waals surface area contributed by atoms with E-state index < -0.39 is 0 Å². The van der Waals surface area contributed by atoms with Crippen molar-refractivity contribution in [3.05, 3.63) is 35.7 Å². The second-order valence-electron chi connectivity index (χ2n) is 5.42. The predicted octanol–water partition coefficient (Wildman–Crippen LogP) is 3.28. The summed E-state index contributed by atoms with van der Waals surface area (Å²) < 4.78 is 12.5. The van der Waals surface area contributed by atoms with Crippen molar-refractivity contribution in [3.63, 3.8) is 0 Å². The molecule has 6 nitrogen and oxygen atoms in total. The van der Waals surface area contributed by atoms with Crippen LogP contribution >= 0.6 is 12.2 Å². The molecule has 2 aromatic rings. The third-order valence-electron chi connectivity index (χ3n) is 3.76. The third kappa shape index (κ3) is 4.17. The maximum Gasteiger partial charge on any atom is 0.171 e. The van der Waals surface area contributed by atoms with E-state index in [0.717, 1.165) is 23.5 Å². The highest BCUT2D eigenvalue weighted by molar-refractivity contribution is 7.80. The zero-order valence-electron chi connectivity index (χ0n) is 14.7. The number of aromatic nitrogens is 2. The summed E-state index contributed by atoms with van der Waals surface area (Å²) in [6, 6.07) is 5.63. The standard InChI is InChI=1S/C17H24N4O2S/c1-6-21-10-14(12(3)20-21)11(2)18-17(24)19-13-7-8-15(22-4)16(9-13)23-5/h7-11H,6H2,1-5H3,(H2,18,19,24). The lowest BCUT2D eigenvalue weighted by molar-refractivity contribution is 0.355. The number of methoxy groups -OCH3 is 2. The van der Waals surface area contributed by atoms with Gasteiger partial charge in [-0.25, -0.2) is 0 Å². The van der Waals surface area contributed by atoms with E-state index in [-0.39, 0.29) is 6.04 Å². The normalized spacial score (nSPS) is 11.7. The van der Waals surface area contributed by atoms with E-state index in [1.54, 1.807) is 14.2 Å². The molecule has 1 aromatic heterocycles. The van der Waals surface area contributed by atoms with E-state index in [4.69, 9.17) is 21.7 Å². The first-order valence-corrected chi connectivity index (χ1v) is 8.22. The molecule has 2 N–H and O–H groups in total. The quantitative estimate of drug-likeness (QED) is 0.781. The average molecular weight is 348 g/mol. The van der Waals surface area contributed by atoms with Gasteiger partial charge in [-0.1, -0.05) is 0 Å². The summed E-state index contributed by atoms with van der Waals surface area (Å²) in [6.45, 7) is 6.98. The topological polar surface area (TPSA) is 60.3 Å². The summed E-state index contributed by atoms with van der Waals surface area (Å²) in [4.78, 5) is 0. The molecule has 1 heterocycles. The van der Waals surface area contributed by atoms with Crippen molar-refractivity contribution < 1.29 is 9.47 Å². The molecule has 0 aliphatic carbocycles. The maximum atomic E-state index is 5.41. The Hall–Kier alpha value is -2.28. The molecule has 0 radical (unpaired) electrons. The van der Waals surface area contributed by atoms with Gasteiger partial charge < -0.3 is 20.1 Å². The van der Waals surface area contributed by atoms with Crippen molar-refractivity contribution in [2.45, 2.75) is 33.4 Å². The molecule has 1 atom stereocenters. The Balaban J connectivity index is 2.03. The Kier molecular flexibility index (Phi) is 6.03. The van der Waals surface area contributed by atoms with E-state index in [2.05, 4.69) is 29.6 Å². The highest BCUT2D eigenvalue weighted by Crippen LogP contribution is 2.29. The van der Waals surface area contributed by atoms with Crippen LogP contribution in [-0.2, 0) is 6.54 Å². The van der Waals surface area contributed by atoms with Gasteiger partial charge in [-0.05, 0) is 45.1 Å². The molecule has 1 unspecified atom stereocenters. The van der Waals surface area contributed by atoms with Crippen molar-refractivity contribution >= 4 is 23.0 Å². The van der Waals surface area contributed by atoms with E-state index in [1.807, 2.05) is 36.0 Å². The number of hydrogen-bond donors (Lipinski definition) is 2. The Bertz CT molecular complexity index is 715. The lowest BCUT2D eigenvalue weighted by Crippen LogP contribution is -2.31. The molecule has 0 spiro atoms. The first kappa shape index (κ1) is 18.1. The number of hydrogen-bond acceptors (Lipinski definition) is 4. The van der Waals surface area contributed by atoms with Crippen LogP contribution in [0.5, 0.6) is 11.5 Å². The Morgan fingerprint density at radius 1 is 1.29 bits per heavy atom. The fraction of sp³-hybridized carbons (Fsp3) is 0.412. The summed E-state index contributed by atoms with van der Waals surface area (Å²) in [5.74, 6) is 1.33. The SMILES string of the molecule is CCn1cc(C(C)NC(=S)Nc2ccc(OC)c(OC)c2)c(C)n1. The average Bonchev–Trinajstić information content (AvgIpc) is 2.95. The van der Waals surface area contributed by atoms with Crippen molar-refractivity contribution in [1.82, 2.24) is 15.1 Å². The molecule has 7 heteroatoms. The monoisotopic (exact) mass is 348 g/mol. The number of rotatable bonds is 6. The number of anilines is 1. The van der Waals surface area contributed by atoms with Crippen LogP contribution in [0.1, 0.15) is 31.1 Å². The van der Waals surface area contributed by atoms with Gasteiger partial charge in [0, 0.05) is 30.1 Å². The van der Waals surface area contributed by atoms with Crippen LogP contribution < -0.4 is 20.1 Å². The number of ether oxygens (including phenoxy) is 2. The zero-order chi connectivity index (χ0) is 17.7. The minimum atomic E-state index is 0.0606. The molecule has 2 rings (SSSR count). The lowest BCUT2D eigenvalue weighted by atomic mass is 10.1. The Morgan fingerprint density at radius 2 is 2.00 bits per heavy atom. The number of nitrogens with one attached hydrogen (secondary N) is 2. The first-order valence-electron chi connectivity index (χ1n) is 7.82. The first-order chi connectivity index (χ1) is 11.5. The molecule has 0 aliphatic rings. The molecule has 130 valence electrons. The van der Waals surface area contributed by atoms with Crippen LogP contribution in [0.15, 0.2) is 24.4 Å². The summed E-state index contributed by atoms with van der Waals surface area (Å²) in [5.41, 5.74) is 2.97. The molecule has 0 fully saturated rings. The number of benzene rings is 1. The maximum absolute atomic E-state index is 5.41. The number of thiocarbonyl (C=S) groups is 1. The van der Waals surface area contributed by atoms with Crippen molar-refractivity contribution in [2.24, 2.45) is 0 Å². The number of aryl methyl sites for hydroxylation is 2. The zero-order valence-corrected chi connectivity index (χ0v) is 15.5. The van der Waals surface area contributed by atoms with Crippen LogP contribution in [0.4, 0.5) is 5.69 Å². The molecule has 0 aliphatic heterocycles. The Morgan fingerprint density at radius 3 is 2.58 bits per heavy atom. The molecule has 0 saturated heterocycles. The molecule has 0 saturated carbocycles. The van der Waals surface area contributed by atoms with Gasteiger partial charge in [-0.15, -0.1) is 0 Å². The second kappa shape index (κ2) is 8.01. The Labute approximate surface area is 148 Å². The van der Waals surface area contributed by atoms with Gasteiger partial charge >= 0.3 is 0 Å². The highest BCUT2D eigenvalue weighted by atomic mass is 32.1. The summed E-state index contributed by atoms with van der Waals surface area (Å²) in [5, 5.41) is 11.5. The smallest absolute Gasteiger partial charge is 0.171 e. The largest absolute Gasteiger partial charge is 0.493 e. The molecular formula is C17H24N4O2S. The fourth-order valence-electron chi connectivity index (χ4n) is 2.48. The van der Waals surface area contributed by atoms with Crippen LogP contribution in [-0.4, -0.2) is 29.1 Å². The van der Waals surface area contributed by atoms with Gasteiger partial charge in [-0.2, -0.15) is 5.10 Å². The van der Waals surface area contributed by atoms with Crippen molar-refractivity contribution in [2.75, 3.05) is 19.5 Å². The summed E-state index contributed by atoms with van der Waals surface area (Å²) >= 11 is 5.41. The number of nitrogens with zero attached hydrogens (tertiary/aromatic N) is 2. The van der Waals surface area contributed by atoms with E-state index in [0.29, 0.717) is 16.6 Å². The van der Waals surface area contributed by atoms with Crippen LogP contribution in [0, 0.1) is 6.92 Å². The van der Waals surface area contributed by atoms with Gasteiger partial charge in [0.05, 0.1) is 26.0 Å². The lowest BCUT2D eigenvalue weighted by Gasteiger charge is -2.17. The van der Waals surface area contributed by atoms with Gasteiger partial charge in [0.1, 0.15) is 0 Å². The fourth-order valence-corrected chi connectivity index (χ4v) is 2.77. The van der Waals surface area contributed by atoms with Crippen molar-refractivity contribution in [3.8, 4) is 11.5 Å². The van der Waals surface area contributed by atoms with Gasteiger partial charge in [0.2, 0.25) is 0 Å². The minimum absolute atomic E-state index is 0.0606. The highest BCUT2D eigenvalue weighted by Gasteiger charge is 2.13. The van der Waals surface area contributed by atoms with E-state index in [9.17, 15) is 0 Å². The van der Waals surface area contributed by atoms with Gasteiger partial charge in [0.25, 0.3) is 0 Å². The molecule has 0 bridgehead atoms. The minimum Gasteiger partial charge on any atom is -0.493 e. The predicted molar refractivity (Wildman–Crippen MR) is 100.0 cm³/mol. The van der Waals surface area contributed by atoms with Crippen molar-refractivity contribution in [1.29, 1.82) is 0 Å². The second-order valence-corrected chi connectivity index (χ2v) is 5.82. The third-order valence-corrected chi connectivity index (χ3v) is 3.98. The van der Waals surface area contributed by atoms with E-state index in [1.165, 1.54) is 0 Å². The summed E-state index contributed by atoms with van der Waals surface area (Å²) in [6.07, 6.45) is 2.05. The van der Waals surface area contributed by atoms with Crippen LogP contribution in [0.3, 0.4) is 0 Å². The molecule has 0 amide bonds.